The third kappa shape index (κ3) is 3.76. The van der Waals surface area contributed by atoms with Crippen LogP contribution in [0.4, 0.5) is 0 Å². The first-order valence-corrected chi connectivity index (χ1v) is 2.36. The van der Waals surface area contributed by atoms with Gasteiger partial charge in [0.1, 0.15) is 0 Å². The molecule has 1 unspecified atom stereocenters. The van der Waals surface area contributed by atoms with Gasteiger partial charge in [-0.1, -0.05) is 6.90 Å². The van der Waals surface area contributed by atoms with Gasteiger partial charge in [0.25, 0.3) is 0 Å². The second-order valence-electron chi connectivity index (χ2n) is 1.56. The lowest BCUT2D eigenvalue weighted by molar-refractivity contribution is 0.194. The van der Waals surface area contributed by atoms with E-state index in [0.717, 1.165) is 0 Å². The fourth-order valence-corrected chi connectivity index (χ4v) is 0.274. The van der Waals surface area contributed by atoms with Gasteiger partial charge in [-0.05, 0) is 12.3 Å². The van der Waals surface area contributed by atoms with E-state index >= 15 is 0 Å². The van der Waals surface area contributed by atoms with Gasteiger partial charge in [0.2, 0.25) is 0 Å². The molecule has 0 aliphatic carbocycles. The quantitative estimate of drug-likeness (QED) is 0.531. The summed E-state index contributed by atoms with van der Waals surface area (Å²) in [5.74, 6) is -0.0278. The SMILES string of the molecule is [3H]CC(CO)CCO. The molecule has 0 aromatic heterocycles. The van der Waals surface area contributed by atoms with Gasteiger partial charge in [-0.3, -0.25) is 0 Å². The van der Waals surface area contributed by atoms with Gasteiger partial charge in [-0.2, -0.15) is 0 Å². The first-order chi connectivity index (χ1) is 3.85. The second-order valence-corrected chi connectivity index (χ2v) is 1.56. The Kier molecular flexibility index (Phi) is 2.96. The minimum atomic E-state index is -0.0278. The van der Waals surface area contributed by atoms with Crippen LogP contribution in [0.25, 0.3) is 0 Å². The second kappa shape index (κ2) is 4.09. The molecule has 7 heavy (non-hydrogen) atoms. The van der Waals surface area contributed by atoms with E-state index in [4.69, 9.17) is 11.6 Å². The minimum Gasteiger partial charge on any atom is -0.396 e. The summed E-state index contributed by atoms with van der Waals surface area (Å²) in [7, 11) is 0. The molecule has 0 amide bonds. The lowest BCUT2D eigenvalue weighted by Crippen LogP contribution is -2.01. The van der Waals surface area contributed by atoms with Crippen molar-refractivity contribution in [3.8, 4) is 0 Å². The lowest BCUT2D eigenvalue weighted by atomic mass is 10.1. The van der Waals surface area contributed by atoms with Crippen LogP contribution in [0.2, 0.25) is 0 Å². The molecule has 0 spiro atoms. The maximum Gasteiger partial charge on any atom is 0.0457 e. The highest BCUT2D eigenvalue weighted by Gasteiger charge is 1.94. The van der Waals surface area contributed by atoms with Gasteiger partial charge >= 0.3 is 0 Å². The van der Waals surface area contributed by atoms with Gasteiger partial charge in [0, 0.05) is 14.6 Å². The summed E-state index contributed by atoms with van der Waals surface area (Å²) in [4.78, 5) is 0. The van der Waals surface area contributed by atoms with E-state index < -0.39 is 0 Å². The summed E-state index contributed by atoms with van der Waals surface area (Å²) in [6.07, 6.45) is 0.542. The summed E-state index contributed by atoms with van der Waals surface area (Å²) < 4.78 is 6.79. The maximum atomic E-state index is 8.43. The van der Waals surface area contributed by atoms with Crippen molar-refractivity contribution in [1.82, 2.24) is 0 Å². The highest BCUT2D eigenvalue weighted by molar-refractivity contribution is 4.45. The largest absolute Gasteiger partial charge is 0.396 e. The molecule has 0 bridgehead atoms. The van der Waals surface area contributed by atoms with Crippen molar-refractivity contribution < 1.29 is 11.6 Å². The number of aliphatic hydroxyl groups is 2. The molecule has 0 fully saturated rings. The van der Waals surface area contributed by atoms with Gasteiger partial charge in [-0.15, -0.1) is 0 Å². The molecular formula is C5H12O2. The number of aliphatic hydroxyl groups excluding tert-OH is 2. The fourth-order valence-electron chi connectivity index (χ4n) is 0.274. The van der Waals surface area contributed by atoms with Crippen molar-refractivity contribution in [2.75, 3.05) is 13.2 Å². The Hall–Kier alpha value is -0.0800. The Morgan fingerprint density at radius 2 is 2.43 bits per heavy atom. The molecule has 0 saturated carbocycles. The Morgan fingerprint density at radius 3 is 2.57 bits per heavy atom. The van der Waals surface area contributed by atoms with Crippen molar-refractivity contribution in [3.05, 3.63) is 0 Å². The van der Waals surface area contributed by atoms with Crippen molar-refractivity contribution in [1.29, 1.82) is 0 Å². The number of hydrogen-bond donors (Lipinski definition) is 2. The smallest absolute Gasteiger partial charge is 0.0457 e. The number of rotatable bonds is 3. The summed E-state index contributed by atoms with van der Waals surface area (Å²) >= 11 is 0. The summed E-state index contributed by atoms with van der Waals surface area (Å²) in [5.41, 5.74) is 0. The molecule has 1 atom stereocenters. The third-order valence-electron chi connectivity index (χ3n) is 0.796. The zero-order valence-electron chi connectivity index (χ0n) is 5.30. The fraction of sp³-hybridized carbons (Fsp3) is 1.00. The maximum absolute atomic E-state index is 8.43. The van der Waals surface area contributed by atoms with Crippen LogP contribution in [0, 0.1) is 5.92 Å². The highest BCUT2D eigenvalue weighted by atomic mass is 16.3. The third-order valence-corrected chi connectivity index (χ3v) is 0.796. The van der Waals surface area contributed by atoms with E-state index in [1.165, 1.54) is 0 Å². The highest BCUT2D eigenvalue weighted by Crippen LogP contribution is 1.96. The normalized spacial score (nSPS) is 16.0. The number of hydrogen-bond acceptors (Lipinski definition) is 2. The Labute approximate surface area is 45.2 Å². The van der Waals surface area contributed by atoms with E-state index in [-0.39, 0.29) is 26.0 Å². The van der Waals surface area contributed by atoms with Crippen LogP contribution in [0.1, 0.15) is 14.7 Å². The molecule has 0 rings (SSSR count). The topological polar surface area (TPSA) is 40.5 Å². The van der Waals surface area contributed by atoms with Crippen molar-refractivity contribution in [3.63, 3.8) is 0 Å². The predicted molar refractivity (Wildman–Crippen MR) is 28.0 cm³/mol. The van der Waals surface area contributed by atoms with Crippen LogP contribution < -0.4 is 0 Å². The molecule has 0 saturated heterocycles. The lowest BCUT2D eigenvalue weighted by Gasteiger charge is -2.01. The van der Waals surface area contributed by atoms with E-state index in [0.29, 0.717) is 6.42 Å². The van der Waals surface area contributed by atoms with E-state index in [2.05, 4.69) is 0 Å². The van der Waals surface area contributed by atoms with Crippen LogP contribution in [0.15, 0.2) is 0 Å². The van der Waals surface area contributed by atoms with E-state index in [1.807, 2.05) is 0 Å². The Morgan fingerprint density at radius 1 is 1.71 bits per heavy atom. The summed E-state index contributed by atoms with van der Waals surface area (Å²) in [6, 6.07) is 0. The first kappa shape index (κ1) is 5.06. The van der Waals surface area contributed by atoms with Crippen molar-refractivity contribution in [2.45, 2.75) is 13.3 Å². The Bertz CT molecular complexity index is 45.7. The van der Waals surface area contributed by atoms with Gasteiger partial charge in [0.05, 0.1) is 0 Å². The molecule has 2 N–H and O–H groups in total. The van der Waals surface area contributed by atoms with Crippen LogP contribution in [-0.4, -0.2) is 23.4 Å². The zero-order chi connectivity index (χ0) is 6.41. The molecule has 0 radical (unpaired) electrons. The van der Waals surface area contributed by atoms with Crippen LogP contribution in [0.3, 0.4) is 0 Å². The minimum absolute atomic E-state index is 0.0179. The van der Waals surface area contributed by atoms with E-state index in [1.54, 1.807) is 0 Å². The van der Waals surface area contributed by atoms with Crippen LogP contribution in [-0.2, 0) is 0 Å². The average Bonchev–Trinajstić information content (AvgIpc) is 1.83. The molecular weight excluding hydrogens is 92.1 g/mol. The molecule has 0 aromatic rings. The van der Waals surface area contributed by atoms with Gasteiger partial charge < -0.3 is 10.2 Å². The molecule has 0 aliphatic heterocycles. The summed E-state index contributed by atoms with van der Waals surface area (Å²) in [5, 5.41) is 16.7. The van der Waals surface area contributed by atoms with Crippen molar-refractivity contribution >= 4 is 0 Å². The molecule has 2 heteroatoms. The molecule has 0 heterocycles. The van der Waals surface area contributed by atoms with Crippen LogP contribution >= 0.6 is 0 Å². The molecule has 2 nitrogen and oxygen atoms in total. The zero-order valence-corrected chi connectivity index (χ0v) is 4.30. The molecule has 0 aromatic carbocycles. The average molecular weight is 106 g/mol. The molecule has 44 valence electrons. The summed E-state index contributed by atoms with van der Waals surface area (Å²) in [6.45, 7) is 0.297. The van der Waals surface area contributed by atoms with Crippen molar-refractivity contribution in [2.24, 2.45) is 5.92 Å². The predicted octanol–water partition coefficient (Wildman–Crippen LogP) is -0.00280. The van der Waals surface area contributed by atoms with E-state index in [9.17, 15) is 0 Å². The monoisotopic (exact) mass is 106 g/mol. The first-order valence-electron chi connectivity index (χ1n) is 3.06. The standard InChI is InChI=1S/C5H12O2/c1-5(4-7)2-3-6/h5-7H,2-4H2,1H3/i1T. The van der Waals surface area contributed by atoms with Gasteiger partial charge in [-0.25, -0.2) is 0 Å². The molecule has 0 aliphatic rings. The Balaban J connectivity index is 3.07. The van der Waals surface area contributed by atoms with Crippen LogP contribution in [0.5, 0.6) is 0 Å². The van der Waals surface area contributed by atoms with Gasteiger partial charge in [0.15, 0.2) is 0 Å².